The Hall–Kier alpha value is 0.970. The SMILES string of the molecule is COCC[O][AlH][O]CCOC.[H-].[HH].[HH].[Li+]. The maximum absolute atomic E-state index is 5.16. The summed E-state index contributed by atoms with van der Waals surface area (Å²) in [5, 5.41) is 0. The number of ether oxygens (including phenoxy) is 2. The van der Waals surface area contributed by atoms with Gasteiger partial charge >= 0.3 is 34.7 Å². The monoisotopic (exact) mass is 190 g/mol. The Kier molecular flexibility index (Phi) is 18.6. The Balaban J connectivity index is -0.0000000833. The Bertz CT molecular complexity index is 79.4. The van der Waals surface area contributed by atoms with Crippen molar-refractivity contribution in [3.05, 3.63) is 0 Å². The van der Waals surface area contributed by atoms with Gasteiger partial charge in [-0.15, -0.1) is 0 Å². The summed E-state index contributed by atoms with van der Waals surface area (Å²) in [5.41, 5.74) is 0. The molecule has 0 radical (unpaired) electrons. The molecule has 4 nitrogen and oxygen atoms in total. The first-order valence-electron chi connectivity index (χ1n) is 3.55. The largest absolute Gasteiger partial charge is 1.00 e. The zero-order valence-electron chi connectivity index (χ0n) is 9.17. The fraction of sp³-hybridized carbons (Fsp3) is 1.00. The fourth-order valence-electron chi connectivity index (χ4n) is 0.461. The van der Waals surface area contributed by atoms with Crippen LogP contribution in [0.25, 0.3) is 0 Å². The Morgan fingerprint density at radius 2 is 1.42 bits per heavy atom. The molecule has 6 heteroatoms. The van der Waals surface area contributed by atoms with Crippen molar-refractivity contribution >= 4 is 15.9 Å². The van der Waals surface area contributed by atoms with Crippen LogP contribution in [0, 0.1) is 0 Å². The van der Waals surface area contributed by atoms with E-state index in [2.05, 4.69) is 0 Å². The quantitative estimate of drug-likeness (QED) is 0.306. The van der Waals surface area contributed by atoms with Crippen LogP contribution in [0.2, 0.25) is 0 Å². The van der Waals surface area contributed by atoms with Crippen molar-refractivity contribution in [2.24, 2.45) is 0 Å². The van der Waals surface area contributed by atoms with E-state index in [1.165, 1.54) is 0 Å². The van der Waals surface area contributed by atoms with E-state index in [0.29, 0.717) is 26.4 Å². The fourth-order valence-corrected chi connectivity index (χ4v) is 1.05. The van der Waals surface area contributed by atoms with Gasteiger partial charge in [-0.1, -0.05) is 0 Å². The first-order valence-corrected chi connectivity index (χ1v) is 4.70. The minimum Gasteiger partial charge on any atom is -1.00 e. The van der Waals surface area contributed by atoms with E-state index in [-0.39, 0.29) is 23.1 Å². The molecule has 0 N–H and O–H groups in total. The van der Waals surface area contributed by atoms with Crippen LogP contribution in [0.1, 0.15) is 4.28 Å². The van der Waals surface area contributed by atoms with Crippen LogP contribution in [-0.2, 0) is 17.1 Å². The second kappa shape index (κ2) is 14.5. The molecule has 0 rings (SSSR count). The van der Waals surface area contributed by atoms with Crippen molar-refractivity contribution in [2.45, 2.75) is 0 Å². The van der Waals surface area contributed by atoms with Gasteiger partial charge in [0, 0.05) is 30.3 Å². The predicted molar refractivity (Wildman–Crippen MR) is 48.1 cm³/mol. The van der Waals surface area contributed by atoms with Crippen molar-refractivity contribution in [3.63, 3.8) is 0 Å². The van der Waals surface area contributed by atoms with Crippen molar-refractivity contribution in [1.29, 1.82) is 0 Å². The molecule has 0 aliphatic carbocycles. The predicted octanol–water partition coefficient (Wildman–Crippen LogP) is -2.81. The number of rotatable bonds is 8. The second-order valence-electron chi connectivity index (χ2n) is 1.92. The smallest absolute Gasteiger partial charge is 1.00 e. The molecular weight excluding hydrogens is 170 g/mol. The van der Waals surface area contributed by atoms with E-state index in [1.54, 1.807) is 14.2 Å². The van der Waals surface area contributed by atoms with E-state index < -0.39 is 15.9 Å². The molecule has 0 aromatic rings. The molecule has 0 amide bonds. The molecule has 0 bridgehead atoms. The summed E-state index contributed by atoms with van der Waals surface area (Å²) in [5.74, 6) is 0. The summed E-state index contributed by atoms with van der Waals surface area (Å²) >= 11 is -0.789. The van der Waals surface area contributed by atoms with Gasteiger partial charge in [0.1, 0.15) is 0 Å². The summed E-state index contributed by atoms with van der Waals surface area (Å²) < 4.78 is 19.9. The van der Waals surface area contributed by atoms with Gasteiger partial charge in [0.05, 0.1) is 13.2 Å². The molecule has 72 valence electrons. The Morgan fingerprint density at radius 3 is 1.75 bits per heavy atom. The molecular formula is C6H20AlLiO4. The number of hydrogen-bond donors (Lipinski definition) is 0. The Labute approximate surface area is 96.9 Å². The molecule has 0 aromatic carbocycles. The van der Waals surface area contributed by atoms with E-state index in [0.717, 1.165) is 0 Å². The Morgan fingerprint density at radius 1 is 1.00 bits per heavy atom. The van der Waals surface area contributed by atoms with Gasteiger partial charge in [0.2, 0.25) is 0 Å². The van der Waals surface area contributed by atoms with Crippen LogP contribution in [-0.4, -0.2) is 56.5 Å². The number of hydrogen-bond acceptors (Lipinski definition) is 4. The van der Waals surface area contributed by atoms with Crippen LogP contribution in [0.3, 0.4) is 0 Å². The minimum atomic E-state index is -0.789. The first-order chi connectivity index (χ1) is 5.41. The molecule has 0 aliphatic rings. The van der Waals surface area contributed by atoms with Crippen LogP contribution in [0.4, 0.5) is 0 Å². The van der Waals surface area contributed by atoms with Gasteiger partial charge in [0.15, 0.2) is 0 Å². The maximum atomic E-state index is 5.16. The molecule has 0 fully saturated rings. The van der Waals surface area contributed by atoms with Crippen LogP contribution in [0.5, 0.6) is 0 Å². The molecule has 0 aromatic heterocycles. The van der Waals surface area contributed by atoms with Crippen molar-refractivity contribution in [2.75, 3.05) is 40.6 Å². The summed E-state index contributed by atoms with van der Waals surface area (Å²) in [6.07, 6.45) is 0. The standard InChI is InChI=1S/2C3H7O2.Al.Li.2H2.2H/c2*1-5-3-2-4;;;;;;/h2*2-3H2,1H3;;;2*1H;;/q2*-1;+2;+1;;;;-1. The summed E-state index contributed by atoms with van der Waals surface area (Å²) in [6, 6.07) is 0. The van der Waals surface area contributed by atoms with Crippen LogP contribution >= 0.6 is 0 Å². The van der Waals surface area contributed by atoms with Crippen LogP contribution < -0.4 is 18.9 Å². The molecule has 0 heterocycles. The second-order valence-corrected chi connectivity index (χ2v) is 2.97. The van der Waals surface area contributed by atoms with E-state index in [1.807, 2.05) is 0 Å². The van der Waals surface area contributed by atoms with Gasteiger partial charge < -0.3 is 18.5 Å². The zero-order chi connectivity index (χ0) is 8.36. The zero-order valence-corrected chi connectivity index (χ0v) is 9.58. The van der Waals surface area contributed by atoms with Crippen LogP contribution in [0.15, 0.2) is 0 Å². The molecule has 0 atom stereocenters. The van der Waals surface area contributed by atoms with Crippen molar-refractivity contribution in [3.8, 4) is 0 Å². The van der Waals surface area contributed by atoms with E-state index in [4.69, 9.17) is 17.1 Å². The summed E-state index contributed by atoms with van der Waals surface area (Å²) in [4.78, 5) is 0. The third-order valence-electron chi connectivity index (χ3n) is 1.03. The molecule has 0 aliphatic heterocycles. The normalized spacial score (nSPS) is 9.17. The topological polar surface area (TPSA) is 36.9 Å². The van der Waals surface area contributed by atoms with E-state index in [9.17, 15) is 0 Å². The van der Waals surface area contributed by atoms with Gasteiger partial charge in [-0.2, -0.15) is 0 Å². The molecule has 0 spiro atoms. The molecule has 0 unspecified atom stereocenters. The van der Waals surface area contributed by atoms with Gasteiger partial charge in [-0.05, 0) is 0 Å². The van der Waals surface area contributed by atoms with Gasteiger partial charge in [0.25, 0.3) is 0 Å². The number of methoxy groups -OCH3 is 2. The minimum absolute atomic E-state index is 0. The van der Waals surface area contributed by atoms with Gasteiger partial charge in [-0.3, -0.25) is 0 Å². The average molecular weight is 190 g/mol. The first kappa shape index (κ1) is 15.4. The third-order valence-corrected chi connectivity index (χ3v) is 1.94. The summed E-state index contributed by atoms with van der Waals surface area (Å²) in [6.45, 7) is 2.55. The van der Waals surface area contributed by atoms with E-state index >= 15 is 0 Å². The maximum Gasteiger partial charge on any atom is 1.00 e. The third kappa shape index (κ3) is 13.6. The van der Waals surface area contributed by atoms with Gasteiger partial charge in [-0.25, -0.2) is 0 Å². The molecule has 0 saturated heterocycles. The van der Waals surface area contributed by atoms with Crippen molar-refractivity contribution < 1.29 is 40.2 Å². The molecule has 12 heavy (non-hydrogen) atoms. The summed E-state index contributed by atoms with van der Waals surface area (Å²) in [7, 11) is 3.30. The van der Waals surface area contributed by atoms with Crippen molar-refractivity contribution in [1.82, 2.24) is 0 Å². The average Bonchev–Trinajstić information content (AvgIpc) is 2.03. The molecule has 0 saturated carbocycles.